The first-order valence-corrected chi connectivity index (χ1v) is 8.88. The fourth-order valence-electron chi connectivity index (χ4n) is 3.15. The van der Waals surface area contributed by atoms with Crippen LogP contribution in [-0.2, 0) is 13.6 Å². The Bertz CT molecular complexity index is 1240. The lowest BCUT2D eigenvalue weighted by atomic mass is 10.1. The first-order chi connectivity index (χ1) is 13.5. The Morgan fingerprint density at radius 2 is 1.89 bits per heavy atom. The van der Waals surface area contributed by atoms with Gasteiger partial charge in [0.05, 0.1) is 23.0 Å². The van der Waals surface area contributed by atoms with Gasteiger partial charge in [-0.1, -0.05) is 24.3 Å². The van der Waals surface area contributed by atoms with Crippen molar-refractivity contribution in [1.82, 2.24) is 24.9 Å². The Kier molecular flexibility index (Phi) is 4.49. The highest BCUT2D eigenvalue weighted by Crippen LogP contribution is 2.15. The smallest absolute Gasteiger partial charge is 0.279 e. The van der Waals surface area contributed by atoms with E-state index in [1.54, 1.807) is 41.2 Å². The number of nitrogens with one attached hydrogen (secondary N) is 1. The minimum absolute atomic E-state index is 0.214. The Balaban J connectivity index is 1.65. The van der Waals surface area contributed by atoms with E-state index in [0.717, 1.165) is 16.6 Å². The van der Waals surface area contributed by atoms with Gasteiger partial charge < -0.3 is 5.32 Å². The molecule has 7 heteroatoms. The molecule has 2 aromatic heterocycles. The van der Waals surface area contributed by atoms with Crippen molar-refractivity contribution in [2.45, 2.75) is 13.5 Å². The number of nitrogens with zero attached hydrogens (tertiary/aromatic N) is 4. The molecule has 0 spiro atoms. The largest absolute Gasteiger partial charge is 0.348 e. The van der Waals surface area contributed by atoms with E-state index < -0.39 is 0 Å². The molecule has 28 heavy (non-hydrogen) atoms. The minimum atomic E-state index is -0.226. The van der Waals surface area contributed by atoms with Crippen molar-refractivity contribution in [3.8, 4) is 5.69 Å². The Hall–Kier alpha value is -3.74. The topological polar surface area (TPSA) is 81.8 Å². The van der Waals surface area contributed by atoms with E-state index in [4.69, 9.17) is 0 Å². The second kappa shape index (κ2) is 7.11. The minimum Gasteiger partial charge on any atom is -0.348 e. The summed E-state index contributed by atoms with van der Waals surface area (Å²) in [5.41, 5.74) is 2.46. The van der Waals surface area contributed by atoms with Crippen LogP contribution in [0.4, 0.5) is 0 Å². The van der Waals surface area contributed by atoms with Gasteiger partial charge in [0.25, 0.3) is 11.5 Å². The van der Waals surface area contributed by atoms with Crippen LogP contribution in [0.25, 0.3) is 16.5 Å². The zero-order chi connectivity index (χ0) is 19.7. The van der Waals surface area contributed by atoms with E-state index in [-0.39, 0.29) is 11.5 Å². The molecule has 1 amide bonds. The van der Waals surface area contributed by atoms with Gasteiger partial charge >= 0.3 is 0 Å². The number of amides is 1. The molecule has 0 aliphatic carbocycles. The van der Waals surface area contributed by atoms with E-state index in [1.807, 2.05) is 38.4 Å². The maximum atomic E-state index is 12.9. The van der Waals surface area contributed by atoms with E-state index in [0.29, 0.717) is 23.2 Å². The third kappa shape index (κ3) is 3.29. The standard InChI is InChI=1S/C21H19N5O2/c1-14-18-8-3-4-9-19(18)21(28)26(24-14)17-7-5-6-16(10-17)20(27)22-11-15-12-23-25(2)13-15/h3-10,12-13H,11H2,1-2H3,(H,22,27). The number of aromatic nitrogens is 4. The SMILES string of the molecule is Cc1nn(-c2cccc(C(=O)NCc3cnn(C)c3)c2)c(=O)c2ccccc12. The van der Waals surface area contributed by atoms with Crippen molar-refractivity contribution in [3.05, 3.63) is 88.1 Å². The van der Waals surface area contributed by atoms with Crippen LogP contribution in [0.3, 0.4) is 0 Å². The molecule has 0 bridgehead atoms. The highest BCUT2D eigenvalue weighted by molar-refractivity contribution is 5.94. The fourth-order valence-corrected chi connectivity index (χ4v) is 3.15. The molecule has 0 unspecified atom stereocenters. The molecule has 7 nitrogen and oxygen atoms in total. The molecular formula is C21H19N5O2. The average molecular weight is 373 g/mol. The Labute approximate surface area is 161 Å². The van der Waals surface area contributed by atoms with Crippen LogP contribution in [0.15, 0.2) is 65.7 Å². The Morgan fingerprint density at radius 3 is 2.64 bits per heavy atom. The highest BCUT2D eigenvalue weighted by Gasteiger charge is 2.12. The van der Waals surface area contributed by atoms with Gasteiger partial charge in [-0.3, -0.25) is 14.3 Å². The lowest BCUT2D eigenvalue weighted by molar-refractivity contribution is 0.0951. The number of benzene rings is 2. The predicted octanol–water partition coefficient (Wildman–Crippen LogP) is 2.36. The van der Waals surface area contributed by atoms with Gasteiger partial charge in [-0.15, -0.1) is 0 Å². The lowest BCUT2D eigenvalue weighted by Crippen LogP contribution is -2.25. The molecule has 0 aliphatic rings. The summed E-state index contributed by atoms with van der Waals surface area (Å²) in [6.45, 7) is 2.24. The van der Waals surface area contributed by atoms with Crippen LogP contribution < -0.4 is 10.9 Å². The highest BCUT2D eigenvalue weighted by atomic mass is 16.1. The molecular weight excluding hydrogens is 354 g/mol. The van der Waals surface area contributed by atoms with Crippen molar-refractivity contribution in [2.24, 2.45) is 7.05 Å². The second-order valence-corrected chi connectivity index (χ2v) is 6.60. The maximum absolute atomic E-state index is 12.9. The number of aryl methyl sites for hydroxylation is 2. The number of rotatable bonds is 4. The van der Waals surface area contributed by atoms with Gasteiger partial charge in [0.2, 0.25) is 0 Å². The zero-order valence-corrected chi connectivity index (χ0v) is 15.6. The first-order valence-electron chi connectivity index (χ1n) is 8.88. The summed E-state index contributed by atoms with van der Waals surface area (Å²) in [7, 11) is 1.82. The van der Waals surface area contributed by atoms with Crippen molar-refractivity contribution in [2.75, 3.05) is 0 Å². The number of carbonyl (C=O) groups is 1. The van der Waals surface area contributed by atoms with E-state index in [2.05, 4.69) is 15.5 Å². The summed E-state index contributed by atoms with van der Waals surface area (Å²) in [6, 6.07) is 14.3. The molecule has 1 N–H and O–H groups in total. The van der Waals surface area contributed by atoms with Gasteiger partial charge in [0.1, 0.15) is 0 Å². The summed E-state index contributed by atoms with van der Waals surface area (Å²) in [6.07, 6.45) is 3.55. The normalized spacial score (nSPS) is 10.9. The first kappa shape index (κ1) is 17.7. The van der Waals surface area contributed by atoms with Crippen molar-refractivity contribution in [3.63, 3.8) is 0 Å². The van der Waals surface area contributed by atoms with Gasteiger partial charge in [-0.05, 0) is 31.2 Å². The van der Waals surface area contributed by atoms with Gasteiger partial charge in [-0.2, -0.15) is 14.9 Å². The number of carbonyl (C=O) groups excluding carboxylic acids is 1. The summed E-state index contributed by atoms with van der Waals surface area (Å²) in [4.78, 5) is 25.4. The molecule has 0 fully saturated rings. The number of fused-ring (bicyclic) bond motifs is 1. The van der Waals surface area contributed by atoms with Gasteiger partial charge in [-0.25, -0.2) is 0 Å². The predicted molar refractivity (Wildman–Crippen MR) is 106 cm³/mol. The van der Waals surface area contributed by atoms with E-state index in [1.165, 1.54) is 4.68 Å². The maximum Gasteiger partial charge on any atom is 0.279 e. The molecule has 2 heterocycles. The van der Waals surface area contributed by atoms with Crippen LogP contribution >= 0.6 is 0 Å². The molecule has 4 aromatic rings. The Morgan fingerprint density at radius 1 is 1.11 bits per heavy atom. The molecule has 2 aromatic carbocycles. The molecule has 4 rings (SSSR count). The van der Waals surface area contributed by atoms with E-state index in [9.17, 15) is 9.59 Å². The molecule has 0 radical (unpaired) electrons. The van der Waals surface area contributed by atoms with Crippen molar-refractivity contribution in [1.29, 1.82) is 0 Å². The summed E-state index contributed by atoms with van der Waals surface area (Å²) in [5, 5.41) is 12.8. The second-order valence-electron chi connectivity index (χ2n) is 6.60. The number of hydrogen-bond donors (Lipinski definition) is 1. The van der Waals surface area contributed by atoms with Crippen LogP contribution in [0.1, 0.15) is 21.6 Å². The monoisotopic (exact) mass is 373 g/mol. The molecule has 0 saturated heterocycles. The van der Waals surface area contributed by atoms with Crippen LogP contribution in [-0.4, -0.2) is 25.5 Å². The lowest BCUT2D eigenvalue weighted by Gasteiger charge is -2.10. The van der Waals surface area contributed by atoms with Crippen LogP contribution in [0.5, 0.6) is 0 Å². The van der Waals surface area contributed by atoms with Crippen LogP contribution in [0.2, 0.25) is 0 Å². The third-order valence-corrected chi connectivity index (χ3v) is 4.55. The molecule has 140 valence electrons. The zero-order valence-electron chi connectivity index (χ0n) is 15.6. The molecule has 0 atom stereocenters. The van der Waals surface area contributed by atoms with Crippen molar-refractivity contribution < 1.29 is 4.79 Å². The molecule has 0 aliphatic heterocycles. The number of hydrogen-bond acceptors (Lipinski definition) is 4. The summed E-state index contributed by atoms with van der Waals surface area (Å²) < 4.78 is 3.03. The van der Waals surface area contributed by atoms with Crippen molar-refractivity contribution >= 4 is 16.7 Å². The molecule has 0 saturated carbocycles. The fraction of sp³-hybridized carbons (Fsp3) is 0.143. The van der Waals surface area contributed by atoms with Gasteiger partial charge in [0, 0.05) is 36.3 Å². The quantitative estimate of drug-likeness (QED) is 0.595. The third-order valence-electron chi connectivity index (χ3n) is 4.55. The van der Waals surface area contributed by atoms with Gasteiger partial charge in [0.15, 0.2) is 0 Å². The average Bonchev–Trinajstić information content (AvgIpc) is 3.14. The van der Waals surface area contributed by atoms with Crippen LogP contribution in [0, 0.1) is 6.92 Å². The summed E-state index contributed by atoms with van der Waals surface area (Å²) in [5.74, 6) is -0.226. The van der Waals surface area contributed by atoms with E-state index >= 15 is 0 Å². The summed E-state index contributed by atoms with van der Waals surface area (Å²) >= 11 is 0.